The molecule has 2 unspecified atom stereocenters. The number of nitrogens with zero attached hydrogens (tertiary/aromatic N) is 2. The highest BCUT2D eigenvalue weighted by Crippen LogP contribution is 2.22. The van der Waals surface area contributed by atoms with Crippen molar-refractivity contribution >= 4 is 0 Å². The number of ether oxygens (including phenoxy) is 1. The molecule has 0 aliphatic carbocycles. The lowest BCUT2D eigenvalue weighted by Gasteiger charge is -2.34. The van der Waals surface area contributed by atoms with Crippen molar-refractivity contribution < 1.29 is 13.5 Å². The van der Waals surface area contributed by atoms with E-state index in [1.807, 2.05) is 0 Å². The van der Waals surface area contributed by atoms with Crippen LogP contribution in [0.4, 0.5) is 4.39 Å². The van der Waals surface area contributed by atoms with Crippen molar-refractivity contribution in [2.75, 3.05) is 13.1 Å². The number of aromatic nitrogens is 1. The van der Waals surface area contributed by atoms with Crippen molar-refractivity contribution in [2.24, 2.45) is 0 Å². The van der Waals surface area contributed by atoms with Gasteiger partial charge in [0.05, 0.1) is 24.9 Å². The van der Waals surface area contributed by atoms with Crippen molar-refractivity contribution in [3.05, 3.63) is 42.2 Å². The molecule has 0 bridgehead atoms. The van der Waals surface area contributed by atoms with Gasteiger partial charge in [-0.2, -0.15) is 0 Å². The second kappa shape index (κ2) is 5.95. The zero-order chi connectivity index (χ0) is 14.8. The number of halogens is 1. The van der Waals surface area contributed by atoms with E-state index in [-0.39, 0.29) is 18.0 Å². The Labute approximate surface area is 123 Å². The number of hydrogen-bond acceptors (Lipinski definition) is 4. The van der Waals surface area contributed by atoms with Gasteiger partial charge < -0.3 is 9.15 Å². The maximum Gasteiger partial charge on any atom is 0.209 e. The fourth-order valence-electron chi connectivity index (χ4n) is 2.74. The molecule has 2 aromatic rings. The van der Waals surface area contributed by atoms with Gasteiger partial charge in [0.2, 0.25) is 5.89 Å². The van der Waals surface area contributed by atoms with Gasteiger partial charge in [0, 0.05) is 18.7 Å². The summed E-state index contributed by atoms with van der Waals surface area (Å²) in [6.07, 6.45) is 2.14. The van der Waals surface area contributed by atoms with Crippen LogP contribution in [0.5, 0.6) is 0 Å². The molecule has 1 aromatic heterocycles. The number of oxazole rings is 1. The van der Waals surface area contributed by atoms with E-state index >= 15 is 0 Å². The van der Waals surface area contributed by atoms with Crippen LogP contribution in [-0.4, -0.2) is 35.2 Å². The highest BCUT2D eigenvalue weighted by Gasteiger charge is 2.23. The smallest absolute Gasteiger partial charge is 0.209 e. The SMILES string of the molecule is CC1CN(Cc2ncc(-c3ccc(F)cc3)o2)CC(C)O1. The van der Waals surface area contributed by atoms with Crippen molar-refractivity contribution in [3.63, 3.8) is 0 Å². The molecule has 1 saturated heterocycles. The minimum Gasteiger partial charge on any atom is -0.439 e. The van der Waals surface area contributed by atoms with Crippen LogP contribution < -0.4 is 0 Å². The molecule has 4 nitrogen and oxygen atoms in total. The normalized spacial score (nSPS) is 23.4. The average Bonchev–Trinajstić information content (AvgIpc) is 2.87. The molecule has 1 fully saturated rings. The molecule has 21 heavy (non-hydrogen) atoms. The Morgan fingerprint density at radius 1 is 1.19 bits per heavy atom. The lowest BCUT2D eigenvalue weighted by Crippen LogP contribution is -2.44. The second-order valence-electron chi connectivity index (χ2n) is 5.58. The highest BCUT2D eigenvalue weighted by molar-refractivity contribution is 5.55. The van der Waals surface area contributed by atoms with Crippen molar-refractivity contribution in [2.45, 2.75) is 32.6 Å². The average molecular weight is 290 g/mol. The molecule has 5 heteroatoms. The fraction of sp³-hybridized carbons (Fsp3) is 0.438. The van der Waals surface area contributed by atoms with Crippen LogP contribution >= 0.6 is 0 Å². The Hall–Kier alpha value is -1.72. The summed E-state index contributed by atoms with van der Waals surface area (Å²) < 4.78 is 24.4. The van der Waals surface area contributed by atoms with Crippen LogP contribution in [0, 0.1) is 5.82 Å². The van der Waals surface area contributed by atoms with E-state index in [1.54, 1.807) is 18.3 Å². The standard InChI is InChI=1S/C16H19FN2O2/c1-11-8-19(9-12(2)20-11)10-16-18-7-15(21-16)13-3-5-14(17)6-4-13/h3-7,11-12H,8-10H2,1-2H3. The van der Waals surface area contributed by atoms with E-state index < -0.39 is 0 Å². The van der Waals surface area contributed by atoms with E-state index in [9.17, 15) is 4.39 Å². The molecule has 0 radical (unpaired) electrons. The molecule has 0 saturated carbocycles. The number of morpholine rings is 1. The first-order valence-electron chi connectivity index (χ1n) is 7.18. The molecule has 2 atom stereocenters. The summed E-state index contributed by atoms with van der Waals surface area (Å²) in [6, 6.07) is 6.22. The predicted octanol–water partition coefficient (Wildman–Crippen LogP) is 3.09. The Kier molecular flexibility index (Phi) is 4.03. The maximum atomic E-state index is 12.9. The third kappa shape index (κ3) is 3.49. The third-order valence-corrected chi connectivity index (χ3v) is 3.54. The lowest BCUT2D eigenvalue weighted by molar-refractivity contribution is -0.0721. The molecule has 0 amide bonds. The summed E-state index contributed by atoms with van der Waals surface area (Å²) in [7, 11) is 0. The molecule has 3 rings (SSSR count). The van der Waals surface area contributed by atoms with Gasteiger partial charge in [0.25, 0.3) is 0 Å². The zero-order valence-electron chi connectivity index (χ0n) is 12.3. The summed E-state index contributed by atoms with van der Waals surface area (Å²) in [5.74, 6) is 1.09. The van der Waals surface area contributed by atoms with E-state index in [1.165, 1.54) is 12.1 Å². The van der Waals surface area contributed by atoms with Crippen LogP contribution in [0.25, 0.3) is 11.3 Å². The molecule has 2 heterocycles. The van der Waals surface area contributed by atoms with Crippen LogP contribution in [0.3, 0.4) is 0 Å². The number of benzene rings is 1. The molecular formula is C16H19FN2O2. The Balaban J connectivity index is 1.69. The van der Waals surface area contributed by atoms with Gasteiger partial charge in [-0.15, -0.1) is 0 Å². The van der Waals surface area contributed by atoms with Gasteiger partial charge >= 0.3 is 0 Å². The molecule has 1 aromatic carbocycles. The number of rotatable bonds is 3. The van der Waals surface area contributed by atoms with Crippen LogP contribution in [-0.2, 0) is 11.3 Å². The van der Waals surface area contributed by atoms with Crippen LogP contribution in [0.15, 0.2) is 34.9 Å². The monoisotopic (exact) mass is 290 g/mol. The van der Waals surface area contributed by atoms with E-state index in [4.69, 9.17) is 9.15 Å². The minimum atomic E-state index is -0.255. The summed E-state index contributed by atoms with van der Waals surface area (Å²) >= 11 is 0. The second-order valence-corrected chi connectivity index (χ2v) is 5.58. The molecule has 0 spiro atoms. The van der Waals surface area contributed by atoms with Gasteiger partial charge in [-0.1, -0.05) is 0 Å². The van der Waals surface area contributed by atoms with Crippen LogP contribution in [0.2, 0.25) is 0 Å². The Morgan fingerprint density at radius 3 is 2.52 bits per heavy atom. The zero-order valence-corrected chi connectivity index (χ0v) is 12.3. The topological polar surface area (TPSA) is 38.5 Å². The van der Waals surface area contributed by atoms with E-state index in [0.717, 1.165) is 18.7 Å². The van der Waals surface area contributed by atoms with Gasteiger partial charge in [-0.25, -0.2) is 9.37 Å². The Morgan fingerprint density at radius 2 is 1.86 bits per heavy atom. The van der Waals surface area contributed by atoms with E-state index in [2.05, 4.69) is 23.7 Å². The Bertz CT molecular complexity index is 587. The first kappa shape index (κ1) is 14.2. The molecule has 1 aliphatic heterocycles. The first-order valence-corrected chi connectivity index (χ1v) is 7.18. The summed E-state index contributed by atoms with van der Waals surface area (Å²) in [5, 5.41) is 0. The predicted molar refractivity (Wildman–Crippen MR) is 77.2 cm³/mol. The minimum absolute atomic E-state index is 0.222. The van der Waals surface area contributed by atoms with Crippen molar-refractivity contribution in [3.8, 4) is 11.3 Å². The molecule has 1 aliphatic rings. The quantitative estimate of drug-likeness (QED) is 0.870. The molecular weight excluding hydrogens is 271 g/mol. The summed E-state index contributed by atoms with van der Waals surface area (Å²) in [5.41, 5.74) is 0.832. The van der Waals surface area contributed by atoms with Crippen LogP contribution in [0.1, 0.15) is 19.7 Å². The highest BCUT2D eigenvalue weighted by atomic mass is 19.1. The van der Waals surface area contributed by atoms with Gasteiger partial charge in [0.1, 0.15) is 5.82 Å². The fourth-order valence-corrected chi connectivity index (χ4v) is 2.74. The largest absolute Gasteiger partial charge is 0.439 e. The maximum absolute atomic E-state index is 12.9. The van der Waals surface area contributed by atoms with Crippen molar-refractivity contribution in [1.82, 2.24) is 9.88 Å². The lowest BCUT2D eigenvalue weighted by atomic mass is 10.2. The third-order valence-electron chi connectivity index (χ3n) is 3.54. The van der Waals surface area contributed by atoms with Gasteiger partial charge in [-0.05, 0) is 38.1 Å². The summed E-state index contributed by atoms with van der Waals surface area (Å²) in [4.78, 5) is 6.59. The van der Waals surface area contributed by atoms with E-state index in [0.29, 0.717) is 18.2 Å². The molecule has 112 valence electrons. The first-order chi connectivity index (χ1) is 10.1. The molecule has 0 N–H and O–H groups in total. The van der Waals surface area contributed by atoms with Gasteiger partial charge in [0.15, 0.2) is 5.76 Å². The van der Waals surface area contributed by atoms with Crippen molar-refractivity contribution in [1.29, 1.82) is 0 Å². The number of hydrogen-bond donors (Lipinski definition) is 0. The van der Waals surface area contributed by atoms with Gasteiger partial charge in [-0.3, -0.25) is 4.90 Å². The summed E-state index contributed by atoms with van der Waals surface area (Å²) in [6.45, 7) is 6.56.